The number of hydrogen-bond acceptors (Lipinski definition) is 6. The van der Waals surface area contributed by atoms with E-state index in [1.54, 1.807) is 4.57 Å². The van der Waals surface area contributed by atoms with Crippen LogP contribution >= 0.6 is 0 Å². The fraction of sp³-hybridized carbons (Fsp3) is 0.615. The van der Waals surface area contributed by atoms with E-state index in [-0.39, 0.29) is 17.2 Å². The number of rotatable bonds is 4. The molecule has 0 spiro atoms. The first-order valence-corrected chi connectivity index (χ1v) is 10.6. The average molecular weight is 324 g/mol. The SMILES string of the molecule is C[Si](C)(C)OC[C@@H]1C[C@@H](O)[C@H](n2cnc3c(=O)[nH]cnc32)O1. The molecule has 0 saturated carbocycles. The van der Waals surface area contributed by atoms with E-state index in [0.717, 1.165) is 0 Å². The summed E-state index contributed by atoms with van der Waals surface area (Å²) < 4.78 is 13.3. The Morgan fingerprint density at radius 2 is 2.27 bits per heavy atom. The summed E-state index contributed by atoms with van der Waals surface area (Å²) in [6, 6.07) is 0. The molecule has 0 amide bonds. The van der Waals surface area contributed by atoms with Gasteiger partial charge in [0, 0.05) is 6.42 Å². The van der Waals surface area contributed by atoms with Gasteiger partial charge in [-0.15, -0.1) is 0 Å². The molecule has 0 aromatic carbocycles. The van der Waals surface area contributed by atoms with E-state index in [9.17, 15) is 9.90 Å². The van der Waals surface area contributed by atoms with Gasteiger partial charge in [-0.05, 0) is 19.6 Å². The van der Waals surface area contributed by atoms with Crippen LogP contribution in [-0.4, -0.2) is 51.8 Å². The third kappa shape index (κ3) is 2.97. The number of fused-ring (bicyclic) bond motifs is 1. The van der Waals surface area contributed by atoms with Gasteiger partial charge >= 0.3 is 0 Å². The topological polar surface area (TPSA) is 102 Å². The highest BCUT2D eigenvalue weighted by molar-refractivity contribution is 6.69. The zero-order valence-electron chi connectivity index (χ0n) is 12.8. The highest BCUT2D eigenvalue weighted by Crippen LogP contribution is 2.30. The van der Waals surface area contributed by atoms with Crippen LogP contribution in [0.25, 0.3) is 11.2 Å². The van der Waals surface area contributed by atoms with Gasteiger partial charge in [-0.2, -0.15) is 0 Å². The molecule has 1 aliphatic heterocycles. The van der Waals surface area contributed by atoms with E-state index in [0.29, 0.717) is 18.7 Å². The number of aromatic amines is 1. The normalized spacial score (nSPS) is 25.9. The van der Waals surface area contributed by atoms with Crippen molar-refractivity contribution >= 4 is 19.5 Å². The summed E-state index contributed by atoms with van der Waals surface area (Å²) in [5.74, 6) is 0. The van der Waals surface area contributed by atoms with Crippen LogP contribution in [0, 0.1) is 0 Å². The second kappa shape index (κ2) is 5.58. The summed E-state index contributed by atoms with van der Waals surface area (Å²) in [6.07, 6.45) is 1.81. The zero-order chi connectivity index (χ0) is 15.9. The van der Waals surface area contributed by atoms with Gasteiger partial charge in [0.2, 0.25) is 0 Å². The van der Waals surface area contributed by atoms with Gasteiger partial charge in [0.05, 0.1) is 25.4 Å². The number of nitrogens with zero attached hydrogens (tertiary/aromatic N) is 3. The van der Waals surface area contributed by atoms with Gasteiger partial charge in [-0.25, -0.2) is 9.97 Å². The van der Waals surface area contributed by atoms with Gasteiger partial charge in [-0.3, -0.25) is 9.36 Å². The quantitative estimate of drug-likeness (QED) is 0.799. The number of hydrogen-bond donors (Lipinski definition) is 2. The van der Waals surface area contributed by atoms with E-state index in [1.165, 1.54) is 12.7 Å². The minimum Gasteiger partial charge on any atom is -0.415 e. The molecular formula is C13H20N4O4Si. The van der Waals surface area contributed by atoms with Gasteiger partial charge < -0.3 is 19.3 Å². The molecule has 1 fully saturated rings. The maximum Gasteiger partial charge on any atom is 0.278 e. The largest absolute Gasteiger partial charge is 0.415 e. The minimum atomic E-state index is -1.62. The van der Waals surface area contributed by atoms with Crippen LogP contribution in [0.5, 0.6) is 0 Å². The Morgan fingerprint density at radius 3 is 3.00 bits per heavy atom. The molecule has 2 aromatic heterocycles. The Labute approximate surface area is 128 Å². The lowest BCUT2D eigenvalue weighted by Crippen LogP contribution is -2.30. The number of ether oxygens (including phenoxy) is 1. The number of aliphatic hydroxyl groups excluding tert-OH is 1. The molecule has 0 radical (unpaired) electrons. The molecule has 120 valence electrons. The van der Waals surface area contributed by atoms with Crippen molar-refractivity contribution in [2.24, 2.45) is 0 Å². The highest BCUT2D eigenvalue weighted by atomic mass is 28.4. The molecule has 0 aliphatic carbocycles. The van der Waals surface area contributed by atoms with E-state index in [2.05, 4.69) is 34.6 Å². The Hall–Kier alpha value is -1.55. The first kappa shape index (κ1) is 15.3. The number of aromatic nitrogens is 4. The average Bonchev–Trinajstić information content (AvgIpc) is 3.00. The maximum atomic E-state index is 11.7. The molecule has 9 heteroatoms. The molecule has 1 saturated heterocycles. The summed E-state index contributed by atoms with van der Waals surface area (Å²) in [5, 5.41) is 10.3. The summed E-state index contributed by atoms with van der Waals surface area (Å²) in [5.41, 5.74) is 0.328. The van der Waals surface area contributed by atoms with Crippen LogP contribution in [0.2, 0.25) is 19.6 Å². The summed E-state index contributed by atoms with van der Waals surface area (Å²) in [7, 11) is -1.62. The fourth-order valence-corrected chi connectivity index (χ4v) is 3.17. The first-order valence-electron chi connectivity index (χ1n) is 7.23. The molecule has 3 heterocycles. The lowest BCUT2D eigenvalue weighted by atomic mass is 10.2. The standard InChI is InChI=1S/C13H20N4O4Si/c1-22(2,3)20-5-8-4-9(18)13(21-8)17-7-16-10-11(17)14-6-15-12(10)19/h6-9,13,18H,4-5H2,1-3H3,(H,14,15,19)/t8-,9+,13+/m0/s1. The molecule has 1 aliphatic rings. The van der Waals surface area contributed by atoms with Crippen molar-refractivity contribution in [3.63, 3.8) is 0 Å². The second-order valence-corrected chi connectivity index (χ2v) is 10.9. The van der Waals surface area contributed by atoms with Crippen LogP contribution in [0.3, 0.4) is 0 Å². The monoisotopic (exact) mass is 324 g/mol. The Balaban J connectivity index is 1.80. The predicted octanol–water partition coefficient (Wildman–Crippen LogP) is 0.619. The van der Waals surface area contributed by atoms with Crippen molar-refractivity contribution < 1.29 is 14.3 Å². The van der Waals surface area contributed by atoms with Crippen molar-refractivity contribution in [1.82, 2.24) is 19.5 Å². The number of nitrogens with one attached hydrogen (secondary N) is 1. The molecule has 2 N–H and O–H groups in total. The van der Waals surface area contributed by atoms with Crippen molar-refractivity contribution in [3.05, 3.63) is 23.0 Å². The van der Waals surface area contributed by atoms with Gasteiger partial charge in [0.1, 0.15) is 6.10 Å². The van der Waals surface area contributed by atoms with E-state index in [4.69, 9.17) is 9.16 Å². The molecule has 0 bridgehead atoms. The number of aliphatic hydroxyl groups is 1. The van der Waals surface area contributed by atoms with Crippen molar-refractivity contribution in [2.75, 3.05) is 6.61 Å². The Kier molecular flexibility index (Phi) is 3.89. The lowest BCUT2D eigenvalue weighted by molar-refractivity contribution is -0.0466. The Morgan fingerprint density at radius 1 is 1.50 bits per heavy atom. The van der Waals surface area contributed by atoms with Crippen LogP contribution in [0.1, 0.15) is 12.6 Å². The van der Waals surface area contributed by atoms with Gasteiger partial charge in [-0.1, -0.05) is 0 Å². The molecule has 3 rings (SSSR count). The molecule has 3 atom stereocenters. The van der Waals surface area contributed by atoms with Crippen LogP contribution in [0.4, 0.5) is 0 Å². The van der Waals surface area contributed by atoms with Crippen LogP contribution in [-0.2, 0) is 9.16 Å². The lowest BCUT2D eigenvalue weighted by Gasteiger charge is -2.21. The second-order valence-electron chi connectivity index (χ2n) is 6.43. The van der Waals surface area contributed by atoms with E-state index in [1.807, 2.05) is 0 Å². The summed E-state index contributed by atoms with van der Waals surface area (Å²) >= 11 is 0. The molecule has 0 unspecified atom stereocenters. The van der Waals surface area contributed by atoms with Gasteiger partial charge in [0.25, 0.3) is 5.56 Å². The molecule has 8 nitrogen and oxygen atoms in total. The highest BCUT2D eigenvalue weighted by Gasteiger charge is 2.37. The van der Waals surface area contributed by atoms with Crippen molar-refractivity contribution in [1.29, 1.82) is 0 Å². The van der Waals surface area contributed by atoms with Crippen LogP contribution < -0.4 is 5.56 Å². The molecule has 22 heavy (non-hydrogen) atoms. The molecular weight excluding hydrogens is 304 g/mol. The summed E-state index contributed by atoms with van der Waals surface area (Å²) in [6.45, 7) is 6.78. The third-order valence-electron chi connectivity index (χ3n) is 3.51. The van der Waals surface area contributed by atoms with Crippen LogP contribution in [0.15, 0.2) is 17.4 Å². The number of imidazole rings is 1. The Bertz CT molecular complexity index is 723. The third-order valence-corrected chi connectivity index (χ3v) is 4.54. The minimum absolute atomic E-state index is 0.175. The summed E-state index contributed by atoms with van der Waals surface area (Å²) in [4.78, 5) is 22.3. The van der Waals surface area contributed by atoms with E-state index < -0.39 is 20.6 Å². The van der Waals surface area contributed by atoms with Gasteiger partial charge in [0.15, 0.2) is 25.7 Å². The van der Waals surface area contributed by atoms with E-state index >= 15 is 0 Å². The predicted molar refractivity (Wildman–Crippen MR) is 82.0 cm³/mol. The fourth-order valence-electron chi connectivity index (χ4n) is 2.48. The number of H-pyrrole nitrogens is 1. The zero-order valence-corrected chi connectivity index (χ0v) is 13.8. The molecule has 2 aromatic rings. The van der Waals surface area contributed by atoms with Crippen molar-refractivity contribution in [3.8, 4) is 0 Å². The first-order chi connectivity index (χ1) is 10.3. The van der Waals surface area contributed by atoms with Crippen molar-refractivity contribution in [2.45, 2.75) is 44.5 Å². The smallest absolute Gasteiger partial charge is 0.278 e. The maximum absolute atomic E-state index is 11.7.